The summed E-state index contributed by atoms with van der Waals surface area (Å²) in [4.78, 5) is 27.9. The second-order valence-corrected chi connectivity index (χ2v) is 11.9. The SMILES string of the molecule is CC(/C=C/[C@H]1O[C@H](CC(=O)O)C[C@@](C)(CO)[C@@H]1O)=C\C[C@@H]1O[C@H](C)[C@H](NC(=O)/C=C\[C@H](C)c2noc(C)n2)C[C@@H]1C. The fraction of sp³-hybridized carbons (Fsp3) is 0.667. The molecular weight excluding hydrogens is 530 g/mol. The van der Waals surface area contributed by atoms with Crippen molar-refractivity contribution in [2.75, 3.05) is 6.61 Å². The Hall–Kier alpha value is -2.86. The zero-order chi connectivity index (χ0) is 30.3. The Kier molecular flexibility index (Phi) is 11.4. The van der Waals surface area contributed by atoms with Gasteiger partial charge in [0.05, 0.1) is 43.5 Å². The van der Waals surface area contributed by atoms with Crippen LogP contribution in [0.25, 0.3) is 0 Å². The van der Waals surface area contributed by atoms with Gasteiger partial charge < -0.3 is 34.6 Å². The van der Waals surface area contributed by atoms with Crippen molar-refractivity contribution in [3.05, 3.63) is 47.7 Å². The van der Waals surface area contributed by atoms with Crippen LogP contribution in [0.2, 0.25) is 0 Å². The molecule has 4 N–H and O–H groups in total. The predicted molar refractivity (Wildman–Crippen MR) is 151 cm³/mol. The molecule has 2 fully saturated rings. The number of carbonyl (C=O) groups excluding carboxylic acids is 1. The average Bonchev–Trinajstić information content (AvgIpc) is 3.35. The van der Waals surface area contributed by atoms with Crippen molar-refractivity contribution in [2.24, 2.45) is 11.3 Å². The van der Waals surface area contributed by atoms with Crippen LogP contribution < -0.4 is 5.32 Å². The number of hydrogen-bond acceptors (Lipinski definition) is 9. The molecule has 0 aromatic carbocycles. The van der Waals surface area contributed by atoms with Crippen LogP contribution in [0.5, 0.6) is 0 Å². The van der Waals surface area contributed by atoms with Crippen molar-refractivity contribution in [3.8, 4) is 0 Å². The summed E-state index contributed by atoms with van der Waals surface area (Å²) in [5.41, 5.74) is 0.0987. The fourth-order valence-electron chi connectivity index (χ4n) is 5.38. The lowest BCUT2D eigenvalue weighted by atomic mass is 9.74. The maximum atomic E-state index is 12.6. The van der Waals surface area contributed by atoms with Crippen LogP contribution in [-0.4, -0.2) is 80.5 Å². The highest BCUT2D eigenvalue weighted by atomic mass is 16.5. The molecule has 0 spiro atoms. The van der Waals surface area contributed by atoms with Crippen LogP contribution in [0.15, 0.2) is 40.5 Å². The number of nitrogens with one attached hydrogen (secondary N) is 1. The average molecular weight is 576 g/mol. The maximum Gasteiger partial charge on any atom is 0.305 e. The molecule has 0 saturated carbocycles. The van der Waals surface area contributed by atoms with Gasteiger partial charge in [-0.1, -0.05) is 55.8 Å². The third-order valence-corrected chi connectivity index (χ3v) is 8.08. The zero-order valence-corrected chi connectivity index (χ0v) is 24.8. The van der Waals surface area contributed by atoms with Crippen molar-refractivity contribution in [3.63, 3.8) is 0 Å². The highest BCUT2D eigenvalue weighted by molar-refractivity contribution is 5.87. The molecule has 1 aromatic heterocycles. The molecule has 41 heavy (non-hydrogen) atoms. The lowest BCUT2D eigenvalue weighted by molar-refractivity contribution is -0.178. The van der Waals surface area contributed by atoms with Gasteiger partial charge in [0, 0.05) is 18.3 Å². The van der Waals surface area contributed by atoms with E-state index in [4.69, 9.17) is 14.0 Å². The van der Waals surface area contributed by atoms with E-state index in [1.807, 2.05) is 26.8 Å². The summed E-state index contributed by atoms with van der Waals surface area (Å²) >= 11 is 0. The van der Waals surface area contributed by atoms with Gasteiger partial charge in [-0.15, -0.1) is 0 Å². The summed E-state index contributed by atoms with van der Waals surface area (Å²) in [6, 6.07) is -0.115. The standard InChI is InChI=1S/C30H45N3O8/c1-17(8-11-25-28(38)30(6,16-34)15-22(40-25)14-27(36)37)7-10-24-19(3)13-23(20(4)39-24)32-26(35)12-9-18(2)29-31-21(5)41-33-29/h7-9,11-12,18-20,22-25,28,34,38H,10,13-16H2,1-6H3,(H,32,35)(H,36,37)/b11-8+,12-9-,17-7+/t18-,19-,20+,22+,23+,24-,25+,28+,30-/m0/s1. The first-order valence-corrected chi connectivity index (χ1v) is 14.3. The molecule has 2 aliphatic heterocycles. The number of aliphatic hydroxyl groups excluding tert-OH is 2. The van der Waals surface area contributed by atoms with E-state index < -0.39 is 29.7 Å². The molecule has 9 atom stereocenters. The monoisotopic (exact) mass is 575 g/mol. The van der Waals surface area contributed by atoms with Crippen molar-refractivity contribution in [2.45, 2.75) is 110 Å². The minimum Gasteiger partial charge on any atom is -0.481 e. The topological polar surface area (TPSA) is 164 Å². The normalized spacial score (nSPS) is 33.8. The molecule has 0 aliphatic carbocycles. The Morgan fingerprint density at radius 3 is 2.61 bits per heavy atom. The molecule has 2 saturated heterocycles. The number of aromatic nitrogens is 2. The Bertz CT molecular complexity index is 1130. The van der Waals surface area contributed by atoms with Gasteiger partial charge in [0.25, 0.3) is 0 Å². The van der Waals surface area contributed by atoms with Crippen LogP contribution in [0, 0.1) is 18.3 Å². The number of allylic oxidation sites excluding steroid dienone is 3. The molecule has 11 nitrogen and oxygen atoms in total. The molecule has 0 bridgehead atoms. The van der Waals surface area contributed by atoms with Crippen molar-refractivity contribution >= 4 is 11.9 Å². The summed E-state index contributed by atoms with van der Waals surface area (Å²) < 4.78 is 17.1. The van der Waals surface area contributed by atoms with E-state index >= 15 is 0 Å². The van der Waals surface area contributed by atoms with Gasteiger partial charge in [-0.05, 0) is 45.1 Å². The minimum atomic E-state index is -0.982. The molecule has 11 heteroatoms. The van der Waals surface area contributed by atoms with Crippen LogP contribution in [0.3, 0.4) is 0 Å². The number of nitrogens with zero attached hydrogens (tertiary/aromatic N) is 2. The summed E-state index contributed by atoms with van der Waals surface area (Å²) in [5, 5.41) is 36.8. The van der Waals surface area contributed by atoms with E-state index in [1.165, 1.54) is 6.08 Å². The molecule has 228 valence electrons. The first kappa shape index (κ1) is 32.7. The van der Waals surface area contributed by atoms with Crippen molar-refractivity contribution in [1.82, 2.24) is 15.5 Å². The number of carbonyl (C=O) groups is 2. The summed E-state index contributed by atoms with van der Waals surface area (Å²) in [5.74, 6) is -0.103. The largest absolute Gasteiger partial charge is 0.481 e. The van der Waals surface area contributed by atoms with E-state index in [-0.39, 0.29) is 55.4 Å². The van der Waals surface area contributed by atoms with E-state index in [0.29, 0.717) is 18.1 Å². The summed E-state index contributed by atoms with van der Waals surface area (Å²) in [6.07, 6.45) is 7.95. The van der Waals surface area contributed by atoms with E-state index in [9.17, 15) is 24.9 Å². The summed E-state index contributed by atoms with van der Waals surface area (Å²) in [7, 11) is 0. The van der Waals surface area contributed by atoms with Gasteiger partial charge in [-0.3, -0.25) is 9.59 Å². The molecule has 0 unspecified atom stereocenters. The van der Waals surface area contributed by atoms with Crippen LogP contribution >= 0.6 is 0 Å². The quantitative estimate of drug-likeness (QED) is 0.227. The van der Waals surface area contributed by atoms with E-state index in [2.05, 4.69) is 28.5 Å². The molecule has 3 heterocycles. The Balaban J connectivity index is 1.52. The lowest BCUT2D eigenvalue weighted by Crippen LogP contribution is -2.52. The number of rotatable bonds is 11. The van der Waals surface area contributed by atoms with Gasteiger partial charge in [0.15, 0.2) is 5.82 Å². The Labute approximate surface area is 241 Å². The molecule has 2 aliphatic rings. The van der Waals surface area contributed by atoms with E-state index in [0.717, 1.165) is 12.0 Å². The second kappa shape index (κ2) is 14.4. The first-order chi connectivity index (χ1) is 19.3. The van der Waals surface area contributed by atoms with Crippen LogP contribution in [0.1, 0.15) is 77.9 Å². The number of ether oxygens (including phenoxy) is 2. The summed E-state index contributed by atoms with van der Waals surface area (Å²) in [6.45, 7) is 11.1. The molecular formula is C30H45N3O8. The minimum absolute atomic E-state index is 0.0207. The number of hydrogen-bond donors (Lipinski definition) is 4. The second-order valence-electron chi connectivity index (χ2n) is 11.9. The van der Waals surface area contributed by atoms with Gasteiger partial charge in [0.1, 0.15) is 6.10 Å². The van der Waals surface area contributed by atoms with Gasteiger partial charge in [-0.2, -0.15) is 4.98 Å². The van der Waals surface area contributed by atoms with E-state index in [1.54, 1.807) is 26.0 Å². The number of carboxylic acids is 1. The smallest absolute Gasteiger partial charge is 0.305 e. The molecule has 3 rings (SSSR count). The number of aryl methyl sites for hydroxylation is 1. The molecule has 1 aromatic rings. The Morgan fingerprint density at radius 2 is 1.98 bits per heavy atom. The van der Waals surface area contributed by atoms with Crippen LogP contribution in [0.4, 0.5) is 0 Å². The third-order valence-electron chi connectivity index (χ3n) is 8.08. The van der Waals surface area contributed by atoms with Gasteiger partial charge in [0.2, 0.25) is 11.8 Å². The molecule has 0 radical (unpaired) electrons. The highest BCUT2D eigenvalue weighted by Crippen LogP contribution is 2.38. The number of aliphatic carboxylic acids is 1. The highest BCUT2D eigenvalue weighted by Gasteiger charge is 2.45. The van der Waals surface area contributed by atoms with Crippen molar-refractivity contribution < 1.29 is 38.9 Å². The maximum absolute atomic E-state index is 12.6. The number of amides is 1. The van der Waals surface area contributed by atoms with Crippen LogP contribution in [-0.2, 0) is 19.1 Å². The van der Waals surface area contributed by atoms with Gasteiger partial charge >= 0.3 is 5.97 Å². The molecule has 1 amide bonds. The first-order valence-electron chi connectivity index (χ1n) is 14.3. The lowest BCUT2D eigenvalue weighted by Gasteiger charge is -2.44. The zero-order valence-electron chi connectivity index (χ0n) is 24.8. The predicted octanol–water partition coefficient (Wildman–Crippen LogP) is 3.22. The third kappa shape index (κ3) is 9.06. The Morgan fingerprint density at radius 1 is 1.24 bits per heavy atom. The van der Waals surface area contributed by atoms with Gasteiger partial charge in [-0.25, -0.2) is 0 Å². The number of aliphatic hydroxyl groups is 2. The number of carboxylic acid groups (broad SMARTS) is 1. The van der Waals surface area contributed by atoms with Crippen molar-refractivity contribution in [1.29, 1.82) is 0 Å². The fourth-order valence-corrected chi connectivity index (χ4v) is 5.38.